The van der Waals surface area contributed by atoms with E-state index in [0.717, 1.165) is 22.7 Å². The van der Waals surface area contributed by atoms with Crippen molar-refractivity contribution in [3.05, 3.63) is 54.1 Å². The van der Waals surface area contributed by atoms with Gasteiger partial charge in [-0.15, -0.1) is 0 Å². The molecule has 158 valence electrons. The van der Waals surface area contributed by atoms with Crippen LogP contribution in [0.5, 0.6) is 5.75 Å². The minimum absolute atomic E-state index is 0.0686. The zero-order valence-corrected chi connectivity index (χ0v) is 18.5. The third-order valence-electron chi connectivity index (χ3n) is 4.65. The molecule has 7 heteroatoms. The molecule has 0 aliphatic carbocycles. The van der Waals surface area contributed by atoms with E-state index >= 15 is 0 Å². The van der Waals surface area contributed by atoms with E-state index in [4.69, 9.17) is 4.74 Å². The molecule has 6 nitrogen and oxygen atoms in total. The molecule has 2 aromatic carbocycles. The number of thioether (sulfide) groups is 1. The summed E-state index contributed by atoms with van der Waals surface area (Å²) in [5.74, 6) is 0.792. The lowest BCUT2D eigenvalue weighted by molar-refractivity contribution is -0.128. The molecule has 1 N–H and O–H groups in total. The monoisotopic (exact) mass is 425 g/mol. The van der Waals surface area contributed by atoms with Gasteiger partial charge in [0.2, 0.25) is 11.8 Å². The van der Waals surface area contributed by atoms with Crippen LogP contribution >= 0.6 is 11.8 Å². The summed E-state index contributed by atoms with van der Waals surface area (Å²) < 4.78 is 5.19. The molecule has 0 spiro atoms. The van der Waals surface area contributed by atoms with Gasteiger partial charge in [-0.05, 0) is 48.7 Å². The second-order valence-corrected chi connectivity index (χ2v) is 8.78. The minimum Gasteiger partial charge on any atom is -0.497 e. The average Bonchev–Trinajstić information content (AvgIpc) is 2.98. The number of benzene rings is 2. The van der Waals surface area contributed by atoms with Crippen LogP contribution in [0.2, 0.25) is 0 Å². The highest BCUT2D eigenvalue weighted by atomic mass is 32.2. The molecule has 1 aliphatic rings. The Morgan fingerprint density at radius 3 is 2.53 bits per heavy atom. The maximum absolute atomic E-state index is 13.0. The van der Waals surface area contributed by atoms with Gasteiger partial charge in [-0.1, -0.05) is 43.8 Å². The number of ether oxygens (including phenoxy) is 1. The highest BCUT2D eigenvalue weighted by Crippen LogP contribution is 2.33. The van der Waals surface area contributed by atoms with Gasteiger partial charge in [0.25, 0.3) is 0 Å². The third-order valence-corrected chi connectivity index (χ3v) is 5.83. The SMILES string of the molecule is COc1ccc(N=C2S[C@H](CC(=O)Nc3ccccc3C)C(=O)N2CC(C)C)cc1. The standard InChI is InChI=1S/C23H27N3O3S/c1-15(2)14-26-22(28)20(13-21(27)25-19-8-6-5-7-16(19)3)30-23(26)24-17-9-11-18(29-4)12-10-17/h5-12,15,20H,13-14H2,1-4H3,(H,25,27)/t20-/m1/s1. The molecule has 1 aliphatic heterocycles. The maximum Gasteiger partial charge on any atom is 0.242 e. The number of nitrogens with one attached hydrogen (secondary N) is 1. The first-order chi connectivity index (χ1) is 14.4. The van der Waals surface area contributed by atoms with Gasteiger partial charge < -0.3 is 10.1 Å². The van der Waals surface area contributed by atoms with Crippen LogP contribution < -0.4 is 10.1 Å². The van der Waals surface area contributed by atoms with Crippen LogP contribution in [0.4, 0.5) is 11.4 Å². The summed E-state index contributed by atoms with van der Waals surface area (Å²) in [7, 11) is 1.61. The van der Waals surface area contributed by atoms with Crippen LogP contribution in [0, 0.1) is 12.8 Å². The summed E-state index contributed by atoms with van der Waals surface area (Å²) in [5, 5.41) is 3.06. The van der Waals surface area contributed by atoms with Gasteiger partial charge in [0.05, 0.1) is 12.8 Å². The van der Waals surface area contributed by atoms with Crippen LogP contribution in [-0.2, 0) is 9.59 Å². The van der Waals surface area contributed by atoms with E-state index in [9.17, 15) is 9.59 Å². The van der Waals surface area contributed by atoms with E-state index < -0.39 is 5.25 Å². The molecular formula is C23H27N3O3S. The molecule has 3 rings (SSSR count). The molecule has 0 aromatic heterocycles. The summed E-state index contributed by atoms with van der Waals surface area (Å²) >= 11 is 1.35. The van der Waals surface area contributed by atoms with Gasteiger partial charge >= 0.3 is 0 Å². The van der Waals surface area contributed by atoms with Crippen molar-refractivity contribution in [1.82, 2.24) is 4.90 Å². The maximum atomic E-state index is 13.0. The van der Waals surface area contributed by atoms with Crippen molar-refractivity contribution in [3.63, 3.8) is 0 Å². The molecule has 0 saturated carbocycles. The van der Waals surface area contributed by atoms with Crippen molar-refractivity contribution < 1.29 is 14.3 Å². The predicted molar refractivity (Wildman–Crippen MR) is 122 cm³/mol. The number of amidine groups is 1. The second-order valence-electron chi connectivity index (χ2n) is 7.61. The van der Waals surface area contributed by atoms with Gasteiger partial charge in [-0.3, -0.25) is 14.5 Å². The number of carbonyl (C=O) groups excluding carboxylic acids is 2. The first kappa shape index (κ1) is 21.9. The van der Waals surface area contributed by atoms with Crippen LogP contribution in [0.1, 0.15) is 25.8 Å². The van der Waals surface area contributed by atoms with E-state index in [1.54, 1.807) is 12.0 Å². The van der Waals surface area contributed by atoms with Gasteiger partial charge in [-0.25, -0.2) is 4.99 Å². The molecule has 0 unspecified atom stereocenters. The van der Waals surface area contributed by atoms with Crippen molar-refractivity contribution in [2.45, 2.75) is 32.4 Å². The molecule has 2 aromatic rings. The Kier molecular flexibility index (Phi) is 7.15. The van der Waals surface area contributed by atoms with Gasteiger partial charge in [0.15, 0.2) is 5.17 Å². The number of rotatable bonds is 7. The number of aliphatic imine (C=N–C) groups is 1. The molecule has 1 atom stereocenters. The number of aryl methyl sites for hydroxylation is 1. The van der Waals surface area contributed by atoms with Crippen molar-refractivity contribution in [2.24, 2.45) is 10.9 Å². The Balaban J connectivity index is 1.75. The Morgan fingerprint density at radius 1 is 1.20 bits per heavy atom. The smallest absolute Gasteiger partial charge is 0.242 e. The van der Waals surface area contributed by atoms with Gasteiger partial charge in [0, 0.05) is 18.7 Å². The summed E-state index contributed by atoms with van der Waals surface area (Å²) in [6, 6.07) is 15.0. The molecule has 1 saturated heterocycles. The fourth-order valence-electron chi connectivity index (χ4n) is 3.11. The third kappa shape index (κ3) is 5.42. The van der Waals surface area contributed by atoms with Crippen LogP contribution in [-0.4, -0.2) is 40.8 Å². The lowest BCUT2D eigenvalue weighted by Crippen LogP contribution is -2.36. The molecule has 0 radical (unpaired) electrons. The van der Waals surface area contributed by atoms with Gasteiger partial charge in [0.1, 0.15) is 11.0 Å². The topological polar surface area (TPSA) is 71.0 Å². The Hall–Kier alpha value is -2.80. The normalized spacial score (nSPS) is 17.6. The Bertz CT molecular complexity index is 941. The summed E-state index contributed by atoms with van der Waals surface area (Å²) in [4.78, 5) is 32.0. The van der Waals surface area contributed by atoms with E-state index in [1.165, 1.54) is 11.8 Å². The first-order valence-electron chi connectivity index (χ1n) is 9.93. The van der Waals surface area contributed by atoms with Crippen LogP contribution in [0.3, 0.4) is 0 Å². The number of amides is 2. The summed E-state index contributed by atoms with van der Waals surface area (Å²) in [5.41, 5.74) is 2.49. The fraction of sp³-hybridized carbons (Fsp3) is 0.348. The van der Waals surface area contributed by atoms with Crippen molar-refractivity contribution >= 4 is 40.1 Å². The number of hydrogen-bond donors (Lipinski definition) is 1. The Morgan fingerprint density at radius 2 is 1.90 bits per heavy atom. The fourth-order valence-corrected chi connectivity index (χ4v) is 4.28. The number of nitrogens with zero attached hydrogens (tertiary/aromatic N) is 2. The summed E-state index contributed by atoms with van der Waals surface area (Å²) in [6.45, 7) is 6.62. The predicted octanol–water partition coefficient (Wildman–Crippen LogP) is 4.62. The highest BCUT2D eigenvalue weighted by molar-refractivity contribution is 8.15. The number of anilines is 1. The highest BCUT2D eigenvalue weighted by Gasteiger charge is 2.39. The van der Waals surface area contributed by atoms with Crippen LogP contribution in [0.25, 0.3) is 0 Å². The molecule has 0 bridgehead atoms. The van der Waals surface area contributed by atoms with Crippen LogP contribution in [0.15, 0.2) is 53.5 Å². The van der Waals surface area contributed by atoms with Crippen molar-refractivity contribution in [3.8, 4) is 5.75 Å². The zero-order chi connectivity index (χ0) is 21.7. The lowest BCUT2D eigenvalue weighted by atomic mass is 10.1. The number of carbonyl (C=O) groups is 2. The Labute approximate surface area is 181 Å². The molecular weight excluding hydrogens is 398 g/mol. The van der Waals surface area contributed by atoms with Crippen molar-refractivity contribution in [2.75, 3.05) is 19.0 Å². The molecule has 2 amide bonds. The summed E-state index contributed by atoms with van der Waals surface area (Å²) in [6.07, 6.45) is 0.105. The largest absolute Gasteiger partial charge is 0.497 e. The number of para-hydroxylation sites is 1. The molecule has 1 heterocycles. The second kappa shape index (κ2) is 9.80. The zero-order valence-electron chi connectivity index (χ0n) is 17.7. The lowest BCUT2D eigenvalue weighted by Gasteiger charge is -2.18. The van der Waals surface area contributed by atoms with E-state index in [0.29, 0.717) is 11.7 Å². The number of methoxy groups -OCH3 is 1. The van der Waals surface area contributed by atoms with Crippen molar-refractivity contribution in [1.29, 1.82) is 0 Å². The van der Waals surface area contributed by atoms with E-state index in [-0.39, 0.29) is 24.2 Å². The number of hydrogen-bond acceptors (Lipinski definition) is 5. The van der Waals surface area contributed by atoms with E-state index in [1.807, 2.05) is 55.5 Å². The van der Waals surface area contributed by atoms with E-state index in [2.05, 4.69) is 24.2 Å². The van der Waals surface area contributed by atoms with Gasteiger partial charge in [-0.2, -0.15) is 0 Å². The quantitative estimate of drug-likeness (QED) is 0.703. The average molecular weight is 426 g/mol. The molecule has 30 heavy (non-hydrogen) atoms. The minimum atomic E-state index is -0.482. The first-order valence-corrected chi connectivity index (χ1v) is 10.8. The molecule has 1 fully saturated rings.